The molecule has 0 radical (unpaired) electrons. The normalized spacial score (nSPS) is 17.3. The highest BCUT2D eigenvalue weighted by molar-refractivity contribution is 5.57. The van der Waals surface area contributed by atoms with Gasteiger partial charge < -0.3 is 5.32 Å². The summed E-state index contributed by atoms with van der Waals surface area (Å²) in [4.78, 5) is 0. The van der Waals surface area contributed by atoms with Crippen LogP contribution in [0.25, 0.3) is 0 Å². The number of halogens is 1. The largest absolute Gasteiger partial charge is 0.381 e. The van der Waals surface area contributed by atoms with Crippen molar-refractivity contribution >= 4 is 5.69 Å². The van der Waals surface area contributed by atoms with Gasteiger partial charge in [0.25, 0.3) is 0 Å². The predicted octanol–water partition coefficient (Wildman–Crippen LogP) is 3.30. The Morgan fingerprint density at radius 2 is 2.25 bits per heavy atom. The van der Waals surface area contributed by atoms with Crippen molar-refractivity contribution in [2.45, 2.75) is 32.2 Å². The van der Waals surface area contributed by atoms with Gasteiger partial charge in [0.1, 0.15) is 11.9 Å². The molecule has 1 aromatic rings. The minimum absolute atomic E-state index is 0.353. The van der Waals surface area contributed by atoms with Gasteiger partial charge in [0.15, 0.2) is 0 Å². The second kappa shape index (κ2) is 4.52. The van der Waals surface area contributed by atoms with Crippen molar-refractivity contribution in [3.63, 3.8) is 0 Å². The maximum atomic E-state index is 12.9. The highest BCUT2D eigenvalue weighted by Crippen LogP contribution is 2.31. The van der Waals surface area contributed by atoms with Crippen LogP contribution in [-0.2, 0) is 0 Å². The Morgan fingerprint density at radius 1 is 1.50 bits per heavy atom. The zero-order valence-corrected chi connectivity index (χ0v) is 9.33. The number of anilines is 1. The molecule has 0 saturated heterocycles. The van der Waals surface area contributed by atoms with Crippen molar-refractivity contribution in [1.82, 2.24) is 0 Å². The Labute approximate surface area is 95.1 Å². The first-order chi connectivity index (χ1) is 7.70. The van der Waals surface area contributed by atoms with E-state index in [-0.39, 0.29) is 5.82 Å². The predicted molar refractivity (Wildman–Crippen MR) is 61.5 cm³/mol. The van der Waals surface area contributed by atoms with Gasteiger partial charge in [-0.3, -0.25) is 0 Å². The van der Waals surface area contributed by atoms with Crippen LogP contribution in [0.2, 0.25) is 0 Å². The minimum Gasteiger partial charge on any atom is -0.381 e. The van der Waals surface area contributed by atoms with Crippen LogP contribution in [0.5, 0.6) is 0 Å². The molecule has 0 aromatic heterocycles. The fourth-order valence-corrected chi connectivity index (χ4v) is 2.04. The number of benzene rings is 1. The summed E-state index contributed by atoms with van der Waals surface area (Å²) in [5.41, 5.74) is 1.12. The molecule has 1 atom stereocenters. The lowest BCUT2D eigenvalue weighted by molar-refractivity contribution is 0.285. The molecule has 1 aromatic carbocycles. The van der Waals surface area contributed by atoms with Crippen LogP contribution in [0.15, 0.2) is 18.2 Å². The van der Waals surface area contributed by atoms with E-state index in [4.69, 9.17) is 5.26 Å². The van der Waals surface area contributed by atoms with Crippen LogP contribution in [-0.4, -0.2) is 6.04 Å². The van der Waals surface area contributed by atoms with Crippen LogP contribution in [0, 0.1) is 23.1 Å². The van der Waals surface area contributed by atoms with E-state index in [0.717, 1.165) is 5.69 Å². The zero-order valence-electron chi connectivity index (χ0n) is 9.33. The summed E-state index contributed by atoms with van der Waals surface area (Å²) in [7, 11) is 0. The maximum Gasteiger partial charge on any atom is 0.124 e. The van der Waals surface area contributed by atoms with E-state index in [0.29, 0.717) is 17.5 Å². The first kappa shape index (κ1) is 10.9. The Bertz CT molecular complexity index is 418. The van der Waals surface area contributed by atoms with E-state index in [9.17, 15) is 4.39 Å². The average Bonchev–Trinajstić information content (AvgIpc) is 2.18. The molecular formula is C13H15FN2. The second-order valence-corrected chi connectivity index (χ2v) is 4.43. The molecule has 1 aliphatic rings. The Balaban J connectivity index is 2.11. The van der Waals surface area contributed by atoms with Gasteiger partial charge in [-0.05, 0) is 43.9 Å². The van der Waals surface area contributed by atoms with E-state index in [1.807, 2.05) is 6.07 Å². The molecule has 16 heavy (non-hydrogen) atoms. The molecule has 0 heterocycles. The number of hydrogen-bond donors (Lipinski definition) is 1. The van der Waals surface area contributed by atoms with Crippen LogP contribution >= 0.6 is 0 Å². The second-order valence-electron chi connectivity index (χ2n) is 4.43. The summed E-state index contributed by atoms with van der Waals surface area (Å²) in [6, 6.07) is 6.67. The van der Waals surface area contributed by atoms with E-state index in [2.05, 4.69) is 12.2 Å². The summed E-state index contributed by atoms with van der Waals surface area (Å²) in [6.07, 6.45) is 3.79. The molecule has 1 aliphatic carbocycles. The molecular weight excluding hydrogens is 203 g/mol. The highest BCUT2D eigenvalue weighted by Gasteiger charge is 2.24. The molecule has 1 unspecified atom stereocenters. The van der Waals surface area contributed by atoms with Gasteiger partial charge in [-0.25, -0.2) is 4.39 Å². The Hall–Kier alpha value is -1.56. The fourth-order valence-electron chi connectivity index (χ4n) is 2.04. The van der Waals surface area contributed by atoms with Gasteiger partial charge >= 0.3 is 0 Å². The number of nitriles is 1. The summed E-state index contributed by atoms with van der Waals surface area (Å²) < 4.78 is 12.9. The third kappa shape index (κ3) is 2.16. The lowest BCUT2D eigenvalue weighted by Crippen LogP contribution is -2.31. The fraction of sp³-hybridized carbons (Fsp3) is 0.462. The van der Waals surface area contributed by atoms with Crippen molar-refractivity contribution in [1.29, 1.82) is 5.26 Å². The van der Waals surface area contributed by atoms with Crippen molar-refractivity contribution in [2.24, 2.45) is 5.92 Å². The summed E-state index contributed by atoms with van der Waals surface area (Å²) in [6.45, 7) is 2.12. The number of rotatable bonds is 3. The Morgan fingerprint density at radius 3 is 2.81 bits per heavy atom. The first-order valence-corrected chi connectivity index (χ1v) is 5.67. The molecule has 0 bridgehead atoms. The summed E-state index contributed by atoms with van der Waals surface area (Å²) >= 11 is 0. The van der Waals surface area contributed by atoms with Gasteiger partial charge in [-0.15, -0.1) is 0 Å². The van der Waals surface area contributed by atoms with E-state index >= 15 is 0 Å². The monoisotopic (exact) mass is 218 g/mol. The molecule has 2 rings (SSSR count). The Kier molecular flexibility index (Phi) is 3.09. The van der Waals surface area contributed by atoms with Crippen molar-refractivity contribution in [3.05, 3.63) is 29.6 Å². The molecule has 0 aliphatic heterocycles. The van der Waals surface area contributed by atoms with E-state index in [1.165, 1.54) is 31.4 Å². The van der Waals surface area contributed by atoms with Gasteiger partial charge in [0.2, 0.25) is 0 Å². The zero-order chi connectivity index (χ0) is 11.5. The van der Waals surface area contributed by atoms with E-state index in [1.54, 1.807) is 6.07 Å². The van der Waals surface area contributed by atoms with Crippen LogP contribution in [0.4, 0.5) is 10.1 Å². The van der Waals surface area contributed by atoms with Crippen LogP contribution < -0.4 is 5.32 Å². The van der Waals surface area contributed by atoms with Crippen molar-refractivity contribution < 1.29 is 4.39 Å². The summed E-state index contributed by atoms with van der Waals surface area (Å²) in [5, 5.41) is 12.2. The third-order valence-electron chi connectivity index (χ3n) is 3.34. The van der Waals surface area contributed by atoms with Crippen molar-refractivity contribution in [3.8, 4) is 6.07 Å². The minimum atomic E-state index is -0.363. The lowest BCUT2D eigenvalue weighted by Gasteiger charge is -2.32. The third-order valence-corrected chi connectivity index (χ3v) is 3.34. The lowest BCUT2D eigenvalue weighted by atomic mass is 9.80. The molecule has 0 amide bonds. The molecule has 1 saturated carbocycles. The standard InChI is InChI=1S/C13H15FN2/c1-9(10-3-2-4-10)16-13-6-5-12(14)7-11(13)8-15/h5-7,9-10,16H,2-4H2,1H3. The SMILES string of the molecule is CC(Nc1ccc(F)cc1C#N)C1CCC1. The number of hydrogen-bond acceptors (Lipinski definition) is 2. The first-order valence-electron chi connectivity index (χ1n) is 5.67. The molecule has 2 nitrogen and oxygen atoms in total. The number of nitrogens with zero attached hydrogens (tertiary/aromatic N) is 1. The number of nitrogens with one attached hydrogen (secondary N) is 1. The summed E-state index contributed by atoms with van der Waals surface area (Å²) in [5.74, 6) is 0.329. The average molecular weight is 218 g/mol. The topological polar surface area (TPSA) is 35.8 Å². The van der Waals surface area contributed by atoms with Gasteiger partial charge in [-0.1, -0.05) is 6.42 Å². The maximum absolute atomic E-state index is 12.9. The van der Waals surface area contributed by atoms with Gasteiger partial charge in [0, 0.05) is 6.04 Å². The molecule has 1 N–H and O–H groups in total. The molecule has 3 heteroatoms. The highest BCUT2D eigenvalue weighted by atomic mass is 19.1. The van der Waals surface area contributed by atoms with Crippen molar-refractivity contribution in [2.75, 3.05) is 5.32 Å². The molecule has 1 fully saturated rings. The smallest absolute Gasteiger partial charge is 0.124 e. The molecule has 0 spiro atoms. The van der Waals surface area contributed by atoms with E-state index < -0.39 is 0 Å². The van der Waals surface area contributed by atoms with Gasteiger partial charge in [-0.2, -0.15) is 5.26 Å². The van der Waals surface area contributed by atoms with Gasteiger partial charge in [0.05, 0.1) is 11.3 Å². The van der Waals surface area contributed by atoms with Crippen LogP contribution in [0.1, 0.15) is 31.7 Å². The van der Waals surface area contributed by atoms with Crippen LogP contribution in [0.3, 0.4) is 0 Å². The quantitative estimate of drug-likeness (QED) is 0.845. The molecule has 84 valence electrons.